The van der Waals surface area contributed by atoms with Crippen LogP contribution in [0.5, 0.6) is 0 Å². The van der Waals surface area contributed by atoms with Gasteiger partial charge in [-0.3, -0.25) is 9.59 Å². The smallest absolute Gasteiger partial charge is 0.261 e. The van der Waals surface area contributed by atoms with Gasteiger partial charge in [-0.1, -0.05) is 36.8 Å². The van der Waals surface area contributed by atoms with Crippen molar-refractivity contribution in [3.63, 3.8) is 0 Å². The van der Waals surface area contributed by atoms with Crippen LogP contribution < -0.4 is 10.6 Å². The van der Waals surface area contributed by atoms with E-state index in [1.807, 2.05) is 17.5 Å². The van der Waals surface area contributed by atoms with Gasteiger partial charge >= 0.3 is 0 Å². The largest absolute Gasteiger partial charge is 0.351 e. The molecule has 5 heteroatoms. The van der Waals surface area contributed by atoms with Gasteiger partial charge in [0.2, 0.25) is 5.91 Å². The van der Waals surface area contributed by atoms with Gasteiger partial charge in [0.15, 0.2) is 0 Å². The van der Waals surface area contributed by atoms with Gasteiger partial charge < -0.3 is 10.6 Å². The van der Waals surface area contributed by atoms with E-state index in [0.717, 1.165) is 19.3 Å². The first-order valence-corrected chi connectivity index (χ1v) is 9.31. The average molecular weight is 342 g/mol. The number of aryl methyl sites for hydroxylation is 1. The number of hydrogen-bond acceptors (Lipinski definition) is 3. The number of hydrogen-bond donors (Lipinski definition) is 2. The first kappa shape index (κ1) is 16.7. The van der Waals surface area contributed by atoms with Gasteiger partial charge in [0.05, 0.1) is 10.9 Å². The van der Waals surface area contributed by atoms with Crippen LogP contribution in [0.15, 0.2) is 41.8 Å². The van der Waals surface area contributed by atoms with Crippen molar-refractivity contribution in [1.82, 2.24) is 10.6 Å². The summed E-state index contributed by atoms with van der Waals surface area (Å²) >= 11 is 1.40. The SMILES string of the molecule is O=C(CCNC(=O)c1cccs1)NC1CCCCc2ccccc21. The molecule has 1 aromatic heterocycles. The molecule has 4 nitrogen and oxygen atoms in total. The summed E-state index contributed by atoms with van der Waals surface area (Å²) in [4.78, 5) is 24.8. The second-order valence-electron chi connectivity index (χ2n) is 6.05. The van der Waals surface area contributed by atoms with E-state index in [1.54, 1.807) is 6.07 Å². The van der Waals surface area contributed by atoms with E-state index in [9.17, 15) is 9.59 Å². The Labute approximate surface area is 146 Å². The van der Waals surface area contributed by atoms with Crippen molar-refractivity contribution in [1.29, 1.82) is 0 Å². The lowest BCUT2D eigenvalue weighted by Crippen LogP contribution is -2.32. The quantitative estimate of drug-likeness (QED) is 0.818. The lowest BCUT2D eigenvalue weighted by molar-refractivity contribution is -0.121. The Morgan fingerprint density at radius 1 is 1.12 bits per heavy atom. The zero-order chi connectivity index (χ0) is 16.8. The fourth-order valence-corrected chi connectivity index (χ4v) is 3.76. The topological polar surface area (TPSA) is 58.2 Å². The Morgan fingerprint density at radius 3 is 2.83 bits per heavy atom. The Kier molecular flexibility index (Phi) is 5.64. The third-order valence-electron chi connectivity index (χ3n) is 4.34. The molecule has 24 heavy (non-hydrogen) atoms. The Morgan fingerprint density at radius 2 is 2.00 bits per heavy atom. The Hall–Kier alpha value is -2.14. The van der Waals surface area contributed by atoms with Crippen LogP contribution in [0.4, 0.5) is 0 Å². The molecule has 126 valence electrons. The summed E-state index contributed by atoms with van der Waals surface area (Å²) in [7, 11) is 0. The van der Waals surface area contributed by atoms with Gasteiger partial charge in [-0.15, -0.1) is 11.3 Å². The number of amides is 2. The monoisotopic (exact) mass is 342 g/mol. The highest BCUT2D eigenvalue weighted by molar-refractivity contribution is 7.12. The number of nitrogens with one attached hydrogen (secondary N) is 2. The molecule has 2 N–H and O–H groups in total. The first-order valence-electron chi connectivity index (χ1n) is 8.43. The summed E-state index contributed by atoms with van der Waals surface area (Å²) in [5, 5.41) is 7.80. The molecular formula is C19H22N2O2S. The second kappa shape index (κ2) is 8.11. The van der Waals surface area contributed by atoms with Crippen molar-refractivity contribution in [2.24, 2.45) is 0 Å². The molecule has 1 unspecified atom stereocenters. The molecule has 1 heterocycles. The summed E-state index contributed by atoms with van der Waals surface area (Å²) in [5.74, 6) is -0.124. The van der Waals surface area contributed by atoms with Crippen LogP contribution in [0.3, 0.4) is 0 Å². The summed E-state index contributed by atoms with van der Waals surface area (Å²) in [6.45, 7) is 0.358. The van der Waals surface area contributed by atoms with Gasteiger partial charge in [0.25, 0.3) is 5.91 Å². The van der Waals surface area contributed by atoms with E-state index in [-0.39, 0.29) is 17.9 Å². The fraction of sp³-hybridized carbons (Fsp3) is 0.368. The summed E-state index contributed by atoms with van der Waals surface area (Å²) in [6.07, 6.45) is 4.65. The third-order valence-corrected chi connectivity index (χ3v) is 5.21. The molecule has 1 aromatic carbocycles. The van der Waals surface area contributed by atoms with E-state index in [2.05, 4.69) is 28.8 Å². The predicted octanol–water partition coefficient (Wildman–Crippen LogP) is 3.45. The highest BCUT2D eigenvalue weighted by Crippen LogP contribution is 2.28. The van der Waals surface area contributed by atoms with E-state index < -0.39 is 0 Å². The zero-order valence-corrected chi connectivity index (χ0v) is 14.4. The second-order valence-corrected chi connectivity index (χ2v) is 7.00. The molecule has 0 bridgehead atoms. The van der Waals surface area contributed by atoms with Gasteiger partial charge in [-0.25, -0.2) is 0 Å². The Bertz CT molecular complexity index is 697. The van der Waals surface area contributed by atoms with E-state index in [1.165, 1.54) is 28.9 Å². The molecule has 3 rings (SSSR count). The van der Waals surface area contributed by atoms with Crippen LogP contribution in [-0.4, -0.2) is 18.4 Å². The number of fused-ring (bicyclic) bond motifs is 1. The minimum Gasteiger partial charge on any atom is -0.351 e. The van der Waals surface area contributed by atoms with E-state index in [4.69, 9.17) is 0 Å². The van der Waals surface area contributed by atoms with Crippen LogP contribution in [0.25, 0.3) is 0 Å². The van der Waals surface area contributed by atoms with Crippen molar-refractivity contribution in [2.45, 2.75) is 38.1 Å². The number of carbonyl (C=O) groups excluding carboxylic acids is 2. The van der Waals surface area contributed by atoms with Crippen molar-refractivity contribution >= 4 is 23.2 Å². The molecular weight excluding hydrogens is 320 g/mol. The number of benzene rings is 1. The molecule has 0 saturated carbocycles. The summed E-state index contributed by atoms with van der Waals surface area (Å²) in [6, 6.07) is 12.1. The van der Waals surface area contributed by atoms with Gasteiger partial charge in [0.1, 0.15) is 0 Å². The maximum Gasteiger partial charge on any atom is 0.261 e. The van der Waals surface area contributed by atoms with Gasteiger partial charge in [-0.2, -0.15) is 0 Å². The van der Waals surface area contributed by atoms with Crippen LogP contribution >= 0.6 is 11.3 Å². The van der Waals surface area contributed by atoms with Crippen molar-refractivity contribution < 1.29 is 9.59 Å². The van der Waals surface area contributed by atoms with Crippen LogP contribution in [0.2, 0.25) is 0 Å². The molecule has 0 fully saturated rings. The van der Waals surface area contributed by atoms with E-state index >= 15 is 0 Å². The molecule has 2 aromatic rings. The van der Waals surface area contributed by atoms with Crippen LogP contribution in [0.1, 0.15) is 52.5 Å². The molecule has 0 saturated heterocycles. The molecule has 0 spiro atoms. The number of carbonyl (C=O) groups is 2. The number of rotatable bonds is 5. The summed E-state index contributed by atoms with van der Waals surface area (Å²) < 4.78 is 0. The van der Waals surface area contributed by atoms with Crippen molar-refractivity contribution in [3.05, 3.63) is 57.8 Å². The molecule has 1 aliphatic carbocycles. The maximum atomic E-state index is 12.2. The standard InChI is InChI=1S/C19H22N2O2S/c22-18(11-12-20-19(23)17-10-5-13-24-17)21-16-9-4-2-7-14-6-1-3-8-15(14)16/h1,3,5-6,8,10,13,16H,2,4,7,9,11-12H2,(H,20,23)(H,21,22). The average Bonchev–Trinajstić information content (AvgIpc) is 3.05. The minimum absolute atomic E-state index is 0.0109. The Balaban J connectivity index is 1.51. The molecule has 1 atom stereocenters. The summed E-state index contributed by atoms with van der Waals surface area (Å²) in [5.41, 5.74) is 2.58. The van der Waals surface area contributed by atoms with Crippen molar-refractivity contribution in [3.8, 4) is 0 Å². The van der Waals surface area contributed by atoms with Gasteiger partial charge in [-0.05, 0) is 41.8 Å². The highest BCUT2D eigenvalue weighted by Gasteiger charge is 2.19. The fourth-order valence-electron chi connectivity index (χ4n) is 3.12. The predicted molar refractivity (Wildman–Crippen MR) is 96.1 cm³/mol. The lowest BCUT2D eigenvalue weighted by atomic mass is 9.99. The van der Waals surface area contributed by atoms with E-state index in [0.29, 0.717) is 17.8 Å². The lowest BCUT2D eigenvalue weighted by Gasteiger charge is -2.19. The molecule has 2 amide bonds. The highest BCUT2D eigenvalue weighted by atomic mass is 32.1. The molecule has 0 aliphatic heterocycles. The molecule has 1 aliphatic rings. The van der Waals surface area contributed by atoms with Crippen LogP contribution in [0, 0.1) is 0 Å². The van der Waals surface area contributed by atoms with Crippen molar-refractivity contribution in [2.75, 3.05) is 6.54 Å². The zero-order valence-electron chi connectivity index (χ0n) is 13.6. The number of thiophene rings is 1. The van der Waals surface area contributed by atoms with Gasteiger partial charge in [0, 0.05) is 13.0 Å². The van der Waals surface area contributed by atoms with Crippen LogP contribution in [-0.2, 0) is 11.2 Å². The maximum absolute atomic E-state index is 12.2. The third kappa shape index (κ3) is 4.23. The minimum atomic E-state index is -0.113. The molecule has 0 radical (unpaired) electrons. The normalized spacial score (nSPS) is 16.8. The first-order chi connectivity index (χ1) is 11.7.